The first-order valence-electron chi connectivity index (χ1n) is 7.02. The Balaban J connectivity index is 1.93. The molecule has 1 aliphatic heterocycles. The molecule has 0 bridgehead atoms. The highest BCUT2D eigenvalue weighted by Gasteiger charge is 2.32. The molecule has 2 nitrogen and oxygen atoms in total. The van der Waals surface area contributed by atoms with Crippen molar-refractivity contribution in [3.8, 4) is 0 Å². The van der Waals surface area contributed by atoms with Gasteiger partial charge in [0.25, 0.3) is 0 Å². The van der Waals surface area contributed by atoms with Crippen LogP contribution < -0.4 is 0 Å². The van der Waals surface area contributed by atoms with Crippen LogP contribution in [-0.4, -0.2) is 23.4 Å². The highest BCUT2D eigenvalue weighted by atomic mass is 79.9. The van der Waals surface area contributed by atoms with Gasteiger partial charge in [0.05, 0.1) is 11.7 Å². The number of benzene rings is 1. The largest absolute Gasteiger partial charge is 0.396 e. The highest BCUT2D eigenvalue weighted by Crippen LogP contribution is 2.33. The first-order chi connectivity index (χ1) is 9.00. The second kappa shape index (κ2) is 6.38. The molecule has 0 aliphatic carbocycles. The fourth-order valence-corrected chi connectivity index (χ4v) is 3.26. The van der Waals surface area contributed by atoms with Gasteiger partial charge in [-0.25, -0.2) is 0 Å². The van der Waals surface area contributed by atoms with Gasteiger partial charge < -0.3 is 9.84 Å². The third kappa shape index (κ3) is 4.30. The van der Waals surface area contributed by atoms with Crippen LogP contribution in [0.25, 0.3) is 0 Å². The van der Waals surface area contributed by atoms with E-state index in [1.54, 1.807) is 0 Å². The van der Waals surface area contributed by atoms with Gasteiger partial charge in [0.15, 0.2) is 0 Å². The van der Waals surface area contributed by atoms with Gasteiger partial charge >= 0.3 is 0 Å². The van der Waals surface area contributed by atoms with Crippen LogP contribution in [0.4, 0.5) is 0 Å². The molecule has 3 heteroatoms. The summed E-state index contributed by atoms with van der Waals surface area (Å²) in [4.78, 5) is 0. The van der Waals surface area contributed by atoms with Gasteiger partial charge in [-0.2, -0.15) is 0 Å². The van der Waals surface area contributed by atoms with E-state index in [4.69, 9.17) is 4.74 Å². The van der Waals surface area contributed by atoms with Crippen molar-refractivity contribution in [3.05, 3.63) is 34.3 Å². The first-order valence-corrected chi connectivity index (χ1v) is 7.81. The van der Waals surface area contributed by atoms with E-state index >= 15 is 0 Å². The number of hydrogen-bond acceptors (Lipinski definition) is 2. The highest BCUT2D eigenvalue weighted by molar-refractivity contribution is 9.10. The first kappa shape index (κ1) is 15.0. The zero-order valence-electron chi connectivity index (χ0n) is 11.7. The molecule has 0 spiro atoms. The monoisotopic (exact) mass is 326 g/mol. The lowest BCUT2D eigenvalue weighted by atomic mass is 9.93. The number of rotatable bonds is 5. The molecule has 0 radical (unpaired) electrons. The van der Waals surface area contributed by atoms with Crippen LogP contribution in [0.3, 0.4) is 0 Å². The summed E-state index contributed by atoms with van der Waals surface area (Å²) in [5.41, 5.74) is 1.27. The quantitative estimate of drug-likeness (QED) is 0.887. The van der Waals surface area contributed by atoms with E-state index in [0.717, 1.165) is 30.2 Å². The minimum absolute atomic E-state index is 0.0119. The summed E-state index contributed by atoms with van der Waals surface area (Å²) in [6, 6.07) is 8.24. The molecule has 19 heavy (non-hydrogen) atoms. The lowest BCUT2D eigenvalue weighted by Crippen LogP contribution is -2.23. The van der Waals surface area contributed by atoms with Crippen LogP contribution in [-0.2, 0) is 11.2 Å². The SMILES string of the molecule is CC1(C)CCC(CC(CO)Cc2ccccc2Br)O1. The Morgan fingerprint density at radius 2 is 2.16 bits per heavy atom. The molecule has 1 aromatic carbocycles. The molecule has 1 heterocycles. The number of aliphatic hydroxyl groups excluding tert-OH is 1. The summed E-state index contributed by atoms with van der Waals surface area (Å²) < 4.78 is 7.15. The van der Waals surface area contributed by atoms with Gasteiger partial charge in [-0.1, -0.05) is 34.1 Å². The molecule has 0 amide bonds. The topological polar surface area (TPSA) is 29.5 Å². The van der Waals surface area contributed by atoms with Crippen LogP contribution >= 0.6 is 15.9 Å². The van der Waals surface area contributed by atoms with Crippen molar-refractivity contribution in [1.29, 1.82) is 0 Å². The molecule has 0 saturated carbocycles. The van der Waals surface area contributed by atoms with E-state index in [2.05, 4.69) is 41.9 Å². The molecule has 1 fully saturated rings. The molecule has 2 atom stereocenters. The third-order valence-electron chi connectivity index (χ3n) is 3.87. The minimum atomic E-state index is 0.0119. The summed E-state index contributed by atoms with van der Waals surface area (Å²) in [5, 5.41) is 9.60. The average molecular weight is 327 g/mol. The molecule has 0 aromatic heterocycles. The molecule has 1 aromatic rings. The maximum atomic E-state index is 9.60. The molecule has 2 unspecified atom stereocenters. The Kier molecular flexibility index (Phi) is 5.04. The van der Waals surface area contributed by atoms with Crippen molar-refractivity contribution in [2.24, 2.45) is 5.92 Å². The summed E-state index contributed by atoms with van der Waals surface area (Å²) in [6.45, 7) is 4.52. The van der Waals surface area contributed by atoms with Crippen molar-refractivity contribution >= 4 is 15.9 Å². The van der Waals surface area contributed by atoms with Gasteiger partial charge in [0.2, 0.25) is 0 Å². The van der Waals surface area contributed by atoms with Crippen molar-refractivity contribution < 1.29 is 9.84 Å². The Hall–Kier alpha value is -0.380. The van der Waals surface area contributed by atoms with Crippen molar-refractivity contribution in [1.82, 2.24) is 0 Å². The average Bonchev–Trinajstić information content (AvgIpc) is 2.70. The van der Waals surface area contributed by atoms with E-state index in [-0.39, 0.29) is 18.1 Å². The van der Waals surface area contributed by atoms with Gasteiger partial charge in [-0.3, -0.25) is 0 Å². The van der Waals surface area contributed by atoms with Gasteiger partial charge in [-0.15, -0.1) is 0 Å². The van der Waals surface area contributed by atoms with Gasteiger partial charge in [0.1, 0.15) is 0 Å². The molecular formula is C16H23BrO2. The zero-order chi connectivity index (χ0) is 13.9. The number of aliphatic hydroxyl groups is 1. The van der Waals surface area contributed by atoms with E-state index in [9.17, 15) is 5.11 Å². The Labute approximate surface area is 124 Å². The Morgan fingerprint density at radius 1 is 1.42 bits per heavy atom. The maximum absolute atomic E-state index is 9.60. The molecule has 1 saturated heterocycles. The summed E-state index contributed by atoms with van der Waals surface area (Å²) in [6.07, 6.45) is 4.37. The third-order valence-corrected chi connectivity index (χ3v) is 4.65. The smallest absolute Gasteiger partial charge is 0.0631 e. The summed E-state index contributed by atoms with van der Waals surface area (Å²) in [7, 11) is 0. The van der Waals surface area contributed by atoms with Crippen molar-refractivity contribution in [2.75, 3.05) is 6.61 Å². The van der Waals surface area contributed by atoms with E-state index in [1.165, 1.54) is 5.56 Å². The standard InChI is InChI=1S/C16H23BrO2/c1-16(2)8-7-14(19-16)10-12(11-18)9-13-5-3-4-6-15(13)17/h3-6,12,14,18H,7-11H2,1-2H3. The zero-order valence-corrected chi connectivity index (χ0v) is 13.3. The Bertz CT molecular complexity index is 417. The number of hydrogen-bond donors (Lipinski definition) is 1. The Morgan fingerprint density at radius 3 is 2.74 bits per heavy atom. The fourth-order valence-electron chi connectivity index (χ4n) is 2.81. The lowest BCUT2D eigenvalue weighted by molar-refractivity contribution is -0.0276. The lowest BCUT2D eigenvalue weighted by Gasteiger charge is -2.22. The van der Waals surface area contributed by atoms with E-state index < -0.39 is 0 Å². The summed E-state index contributed by atoms with van der Waals surface area (Å²) in [5.74, 6) is 0.276. The normalized spacial score (nSPS) is 23.5. The second-order valence-electron chi connectivity index (χ2n) is 6.12. The van der Waals surface area contributed by atoms with Crippen molar-refractivity contribution in [3.63, 3.8) is 0 Å². The number of halogens is 1. The van der Waals surface area contributed by atoms with Gasteiger partial charge in [0, 0.05) is 11.1 Å². The van der Waals surface area contributed by atoms with Crippen LogP contribution in [0.1, 0.15) is 38.7 Å². The minimum Gasteiger partial charge on any atom is -0.396 e. The molecule has 106 valence electrons. The predicted molar refractivity (Wildman–Crippen MR) is 81.2 cm³/mol. The molecule has 1 N–H and O–H groups in total. The van der Waals surface area contributed by atoms with E-state index in [1.807, 2.05) is 12.1 Å². The molecular weight excluding hydrogens is 304 g/mol. The molecule has 1 aliphatic rings. The second-order valence-corrected chi connectivity index (χ2v) is 6.97. The van der Waals surface area contributed by atoms with E-state index in [0.29, 0.717) is 6.10 Å². The van der Waals surface area contributed by atoms with Gasteiger partial charge in [-0.05, 0) is 57.1 Å². The molecule has 2 rings (SSSR count). The van der Waals surface area contributed by atoms with Crippen LogP contribution in [0.5, 0.6) is 0 Å². The summed E-state index contributed by atoms with van der Waals surface area (Å²) >= 11 is 3.57. The van der Waals surface area contributed by atoms with Crippen molar-refractivity contribution in [2.45, 2.75) is 51.2 Å². The number of ether oxygens (including phenoxy) is 1. The maximum Gasteiger partial charge on any atom is 0.0631 e. The predicted octanol–water partition coefficient (Wildman–Crippen LogP) is 3.95. The fraction of sp³-hybridized carbons (Fsp3) is 0.625. The van der Waals surface area contributed by atoms with Crippen LogP contribution in [0, 0.1) is 5.92 Å². The van der Waals surface area contributed by atoms with Crippen LogP contribution in [0.15, 0.2) is 28.7 Å². The van der Waals surface area contributed by atoms with Crippen LogP contribution in [0.2, 0.25) is 0 Å².